The topological polar surface area (TPSA) is 64.9 Å². The van der Waals surface area contributed by atoms with Gasteiger partial charge in [0, 0.05) is 18.0 Å². The van der Waals surface area contributed by atoms with Crippen molar-refractivity contribution in [3.8, 4) is 6.07 Å². The quantitative estimate of drug-likeness (QED) is 0.814. The summed E-state index contributed by atoms with van der Waals surface area (Å²) in [6.45, 7) is 5.33. The van der Waals surface area contributed by atoms with Crippen molar-refractivity contribution in [2.24, 2.45) is 5.92 Å². The predicted molar refractivity (Wildman–Crippen MR) is 63.5 cm³/mol. The van der Waals surface area contributed by atoms with Crippen molar-refractivity contribution in [1.82, 2.24) is 5.32 Å². The first-order chi connectivity index (χ1) is 7.63. The number of hydrogen-bond acceptors (Lipinski definition) is 4. The molecule has 0 aromatic carbocycles. The summed E-state index contributed by atoms with van der Waals surface area (Å²) in [5.41, 5.74) is 1.57. The largest absolute Gasteiger partial charge is 0.316 e. The Bertz CT molecular complexity index is 468. The van der Waals surface area contributed by atoms with Crippen molar-refractivity contribution in [2.75, 3.05) is 18.4 Å². The molecule has 16 heavy (non-hydrogen) atoms. The van der Waals surface area contributed by atoms with Crippen molar-refractivity contribution in [2.45, 2.75) is 13.8 Å². The summed E-state index contributed by atoms with van der Waals surface area (Å²) in [7, 11) is 0. The predicted octanol–water partition coefficient (Wildman–Crippen LogP) is 1.39. The van der Waals surface area contributed by atoms with Gasteiger partial charge in [0.25, 0.3) is 0 Å². The average molecular weight is 235 g/mol. The van der Waals surface area contributed by atoms with Crippen LogP contribution in [0.15, 0.2) is 0 Å². The van der Waals surface area contributed by atoms with Gasteiger partial charge in [-0.1, -0.05) is 0 Å². The zero-order valence-corrected chi connectivity index (χ0v) is 10.1. The van der Waals surface area contributed by atoms with Crippen LogP contribution in [0.4, 0.5) is 5.00 Å². The minimum atomic E-state index is 0.0106. The first-order valence-electron chi connectivity index (χ1n) is 5.15. The van der Waals surface area contributed by atoms with Crippen LogP contribution >= 0.6 is 11.3 Å². The highest BCUT2D eigenvalue weighted by atomic mass is 32.1. The molecule has 84 valence electrons. The van der Waals surface area contributed by atoms with Crippen LogP contribution in [0.1, 0.15) is 16.0 Å². The van der Waals surface area contributed by atoms with E-state index in [0.29, 0.717) is 10.6 Å². The molecule has 0 radical (unpaired) electrons. The Labute approximate surface area is 98.3 Å². The molecule has 1 amide bonds. The van der Waals surface area contributed by atoms with Gasteiger partial charge >= 0.3 is 0 Å². The molecule has 2 rings (SSSR count). The van der Waals surface area contributed by atoms with Gasteiger partial charge in [-0.05, 0) is 19.4 Å². The van der Waals surface area contributed by atoms with E-state index in [1.54, 1.807) is 0 Å². The lowest BCUT2D eigenvalue weighted by atomic mass is 10.0. The number of carbonyl (C=O) groups excluding carboxylic acids is 1. The molecule has 2 N–H and O–H groups in total. The van der Waals surface area contributed by atoms with Crippen molar-refractivity contribution < 1.29 is 4.79 Å². The Hall–Kier alpha value is -1.38. The second kappa shape index (κ2) is 4.24. The molecular weight excluding hydrogens is 222 g/mol. The first kappa shape index (κ1) is 11.1. The third-order valence-electron chi connectivity index (χ3n) is 2.89. The number of nitrogens with zero attached hydrogens (tertiary/aromatic N) is 1. The minimum Gasteiger partial charge on any atom is -0.316 e. The number of thiophene rings is 1. The van der Waals surface area contributed by atoms with E-state index < -0.39 is 0 Å². The molecule has 0 atom stereocenters. The van der Waals surface area contributed by atoms with Crippen LogP contribution in [-0.4, -0.2) is 19.0 Å². The van der Waals surface area contributed by atoms with Gasteiger partial charge in [-0.25, -0.2) is 0 Å². The van der Waals surface area contributed by atoms with Crippen molar-refractivity contribution in [1.29, 1.82) is 5.26 Å². The van der Waals surface area contributed by atoms with Crippen LogP contribution in [0.2, 0.25) is 0 Å². The molecule has 0 unspecified atom stereocenters. The highest BCUT2D eigenvalue weighted by molar-refractivity contribution is 7.16. The average Bonchev–Trinajstić information content (AvgIpc) is 2.39. The highest BCUT2D eigenvalue weighted by Gasteiger charge is 2.26. The summed E-state index contributed by atoms with van der Waals surface area (Å²) in [6, 6.07) is 2.15. The van der Waals surface area contributed by atoms with Gasteiger partial charge in [-0.15, -0.1) is 11.3 Å². The third-order valence-corrected chi connectivity index (χ3v) is 4.01. The number of amides is 1. The molecule has 1 fully saturated rings. The monoisotopic (exact) mass is 235 g/mol. The molecule has 4 nitrogen and oxygen atoms in total. The molecule has 0 saturated carbocycles. The van der Waals surface area contributed by atoms with Crippen LogP contribution < -0.4 is 10.6 Å². The number of nitriles is 1. The maximum Gasteiger partial charge on any atom is 0.230 e. The Morgan fingerprint density at radius 1 is 1.56 bits per heavy atom. The number of carbonyl (C=O) groups is 1. The van der Waals surface area contributed by atoms with Gasteiger partial charge in [0.05, 0.1) is 11.5 Å². The normalized spacial score (nSPS) is 15.3. The second-order valence-corrected chi connectivity index (χ2v) is 5.17. The standard InChI is InChI=1S/C11H13N3OS/c1-6-7(2)16-11(9(6)3-12)14-10(15)8-4-13-5-8/h8,13H,4-5H2,1-2H3,(H,14,15). The van der Waals surface area contributed by atoms with Gasteiger partial charge in [0.15, 0.2) is 0 Å². The summed E-state index contributed by atoms with van der Waals surface area (Å²) in [6.07, 6.45) is 0. The Balaban J connectivity index is 2.18. The smallest absolute Gasteiger partial charge is 0.230 e. The molecular formula is C11H13N3OS. The van der Waals surface area contributed by atoms with Crippen LogP contribution in [0.25, 0.3) is 0 Å². The maximum absolute atomic E-state index is 11.7. The second-order valence-electron chi connectivity index (χ2n) is 3.94. The molecule has 0 aliphatic carbocycles. The van der Waals surface area contributed by atoms with E-state index in [1.165, 1.54) is 11.3 Å². The Morgan fingerprint density at radius 3 is 2.75 bits per heavy atom. The van der Waals surface area contributed by atoms with Gasteiger partial charge in [-0.3, -0.25) is 4.79 Å². The number of hydrogen-bond donors (Lipinski definition) is 2. The summed E-state index contributed by atoms with van der Waals surface area (Å²) in [4.78, 5) is 12.8. The number of aryl methyl sites for hydroxylation is 1. The lowest BCUT2D eigenvalue weighted by Gasteiger charge is -2.25. The van der Waals surface area contributed by atoms with Crippen molar-refractivity contribution in [3.63, 3.8) is 0 Å². The molecule has 2 heterocycles. The van der Waals surface area contributed by atoms with E-state index in [-0.39, 0.29) is 11.8 Å². The summed E-state index contributed by atoms with van der Waals surface area (Å²) in [5, 5.41) is 15.6. The van der Waals surface area contributed by atoms with E-state index in [0.717, 1.165) is 23.5 Å². The lowest BCUT2D eigenvalue weighted by molar-refractivity contribution is -0.121. The summed E-state index contributed by atoms with van der Waals surface area (Å²) < 4.78 is 0. The summed E-state index contributed by atoms with van der Waals surface area (Å²) >= 11 is 1.47. The van der Waals surface area contributed by atoms with Crippen LogP contribution in [0, 0.1) is 31.1 Å². The Kier molecular flexibility index (Phi) is 2.95. The van der Waals surface area contributed by atoms with E-state index in [9.17, 15) is 4.79 Å². The van der Waals surface area contributed by atoms with Crippen LogP contribution in [0.3, 0.4) is 0 Å². The highest BCUT2D eigenvalue weighted by Crippen LogP contribution is 2.31. The molecule has 1 aromatic rings. The fraction of sp³-hybridized carbons (Fsp3) is 0.455. The zero-order valence-electron chi connectivity index (χ0n) is 9.26. The molecule has 1 saturated heterocycles. The van der Waals surface area contributed by atoms with Crippen molar-refractivity contribution in [3.05, 3.63) is 16.0 Å². The van der Waals surface area contributed by atoms with Crippen LogP contribution in [0.5, 0.6) is 0 Å². The summed E-state index contributed by atoms with van der Waals surface area (Å²) in [5.74, 6) is 0.0609. The maximum atomic E-state index is 11.7. The van der Waals surface area contributed by atoms with Gasteiger partial charge in [0.2, 0.25) is 5.91 Å². The number of nitrogens with one attached hydrogen (secondary N) is 2. The van der Waals surface area contributed by atoms with E-state index in [4.69, 9.17) is 5.26 Å². The van der Waals surface area contributed by atoms with Crippen molar-refractivity contribution >= 4 is 22.2 Å². The zero-order chi connectivity index (χ0) is 11.7. The van der Waals surface area contributed by atoms with E-state index >= 15 is 0 Å². The minimum absolute atomic E-state index is 0.0106. The van der Waals surface area contributed by atoms with Gasteiger partial charge in [-0.2, -0.15) is 5.26 Å². The molecule has 1 aliphatic heterocycles. The number of anilines is 1. The van der Waals surface area contributed by atoms with Crippen LogP contribution in [-0.2, 0) is 4.79 Å². The molecule has 1 aromatic heterocycles. The lowest BCUT2D eigenvalue weighted by Crippen LogP contribution is -2.48. The molecule has 5 heteroatoms. The first-order valence-corrected chi connectivity index (χ1v) is 5.96. The fourth-order valence-electron chi connectivity index (χ4n) is 1.54. The SMILES string of the molecule is Cc1sc(NC(=O)C2CNC2)c(C#N)c1C. The number of rotatable bonds is 2. The van der Waals surface area contributed by atoms with Gasteiger partial charge in [0.1, 0.15) is 11.1 Å². The molecule has 1 aliphatic rings. The van der Waals surface area contributed by atoms with E-state index in [1.807, 2.05) is 13.8 Å². The fourth-order valence-corrected chi connectivity index (χ4v) is 2.55. The molecule has 0 spiro atoms. The van der Waals surface area contributed by atoms with E-state index in [2.05, 4.69) is 16.7 Å². The van der Waals surface area contributed by atoms with Gasteiger partial charge < -0.3 is 10.6 Å². The Morgan fingerprint density at radius 2 is 2.25 bits per heavy atom. The molecule has 0 bridgehead atoms. The third kappa shape index (κ3) is 1.82.